The quantitative estimate of drug-likeness (QED) is 0.260. The molecule has 8 nitrogen and oxygen atoms in total. The summed E-state index contributed by atoms with van der Waals surface area (Å²) in [5.74, 6) is 0.810. The molecule has 7 N–H and O–H groups in total. The highest BCUT2D eigenvalue weighted by Crippen LogP contribution is 2.33. The first-order valence-corrected chi connectivity index (χ1v) is 12.5. The number of nitrogens with two attached hydrogens (primary N) is 1. The minimum absolute atomic E-state index is 0.0690. The molecule has 2 aliphatic heterocycles. The first-order valence-electron chi connectivity index (χ1n) is 12.5. The van der Waals surface area contributed by atoms with Crippen molar-refractivity contribution in [3.63, 3.8) is 0 Å². The van der Waals surface area contributed by atoms with Crippen LogP contribution in [0.15, 0.2) is 29.4 Å². The summed E-state index contributed by atoms with van der Waals surface area (Å²) in [6.07, 6.45) is 9.06. The van der Waals surface area contributed by atoms with Crippen LogP contribution in [0.4, 0.5) is 4.39 Å². The van der Waals surface area contributed by atoms with Crippen molar-refractivity contribution in [2.45, 2.75) is 83.0 Å². The zero-order valence-electron chi connectivity index (χ0n) is 19.9. The molecule has 1 saturated carbocycles. The van der Waals surface area contributed by atoms with Crippen molar-refractivity contribution in [2.24, 2.45) is 22.6 Å². The van der Waals surface area contributed by atoms with E-state index in [4.69, 9.17) is 10.7 Å². The zero-order chi connectivity index (χ0) is 23.6. The molecule has 3 rings (SSSR count). The zero-order valence-corrected chi connectivity index (χ0v) is 19.9. The predicted octanol–water partition coefficient (Wildman–Crippen LogP) is 1.62. The third-order valence-electron chi connectivity index (χ3n) is 6.76. The molecular weight excluding hydrogens is 421 g/mol. The summed E-state index contributed by atoms with van der Waals surface area (Å²) in [5, 5.41) is 17.4. The number of carbonyl (C=O) groups is 1. The molecule has 0 bridgehead atoms. The number of amidine groups is 1. The monoisotopic (exact) mass is 463 g/mol. The van der Waals surface area contributed by atoms with E-state index in [0.29, 0.717) is 12.8 Å². The SMILES string of the molecule is C=CCC(F)CCC[C@H](C)NC1N=C(N[C@H]2CNCCN2)C=C(C2CCCC(C(N)=O)C2)N1. The summed E-state index contributed by atoms with van der Waals surface area (Å²) in [5.41, 5.74) is 6.71. The van der Waals surface area contributed by atoms with E-state index in [0.717, 1.165) is 69.7 Å². The van der Waals surface area contributed by atoms with Crippen LogP contribution in [0.3, 0.4) is 0 Å². The molecule has 2 heterocycles. The van der Waals surface area contributed by atoms with Gasteiger partial charge in [-0.15, -0.1) is 6.58 Å². The highest BCUT2D eigenvalue weighted by molar-refractivity contribution is 5.94. The average Bonchev–Trinajstić information content (AvgIpc) is 2.80. The highest BCUT2D eigenvalue weighted by atomic mass is 19.1. The van der Waals surface area contributed by atoms with Crippen LogP contribution in [0.2, 0.25) is 0 Å². The molecule has 6 atom stereocenters. The van der Waals surface area contributed by atoms with Crippen LogP contribution in [0.1, 0.15) is 58.3 Å². The molecule has 1 aliphatic carbocycles. The van der Waals surface area contributed by atoms with Crippen LogP contribution < -0.4 is 32.3 Å². The lowest BCUT2D eigenvalue weighted by Gasteiger charge is -2.35. The predicted molar refractivity (Wildman–Crippen MR) is 131 cm³/mol. The number of hydrogen-bond acceptors (Lipinski definition) is 7. The number of primary amides is 1. The minimum atomic E-state index is -0.813. The first kappa shape index (κ1) is 25.6. The number of rotatable bonds is 11. The van der Waals surface area contributed by atoms with E-state index in [1.165, 1.54) is 0 Å². The Morgan fingerprint density at radius 3 is 2.97 bits per heavy atom. The maximum absolute atomic E-state index is 13.7. The molecule has 186 valence electrons. The van der Waals surface area contributed by atoms with Gasteiger partial charge in [0.2, 0.25) is 5.91 Å². The second-order valence-electron chi connectivity index (χ2n) is 9.60. The van der Waals surface area contributed by atoms with Gasteiger partial charge in [0.1, 0.15) is 12.0 Å². The van der Waals surface area contributed by atoms with Gasteiger partial charge in [-0.1, -0.05) is 12.5 Å². The van der Waals surface area contributed by atoms with Gasteiger partial charge in [0.15, 0.2) is 6.29 Å². The number of aliphatic imine (C=N–C) groups is 1. The second kappa shape index (κ2) is 13.1. The smallest absolute Gasteiger partial charge is 0.220 e. The number of nitrogens with zero attached hydrogens (tertiary/aromatic N) is 1. The minimum Gasteiger partial charge on any atom is -0.369 e. The lowest BCUT2D eigenvalue weighted by atomic mass is 9.79. The maximum Gasteiger partial charge on any atom is 0.220 e. The van der Waals surface area contributed by atoms with E-state index in [9.17, 15) is 9.18 Å². The van der Waals surface area contributed by atoms with Crippen molar-refractivity contribution < 1.29 is 9.18 Å². The summed E-state index contributed by atoms with van der Waals surface area (Å²) >= 11 is 0. The number of halogens is 1. The molecule has 33 heavy (non-hydrogen) atoms. The Morgan fingerprint density at radius 2 is 2.24 bits per heavy atom. The summed E-state index contributed by atoms with van der Waals surface area (Å²) in [6, 6.07) is 0.182. The second-order valence-corrected chi connectivity index (χ2v) is 9.60. The van der Waals surface area contributed by atoms with Crippen LogP contribution >= 0.6 is 0 Å². The standard InChI is InChI=1S/C24H42FN7O/c1-3-6-19(25)10-4-7-16(2)29-24-30-20(17-8-5-9-18(13-17)23(26)33)14-21(32-24)31-22-15-27-11-12-28-22/h3,14,16-19,22,24,27-30H,1,4-13,15H2,2H3,(H2,26,33)(H,31,32)/t16-,17?,18?,19?,22-,24?/m0/s1. The Balaban J connectivity index is 1.62. The number of alkyl halides is 1. The van der Waals surface area contributed by atoms with Crippen molar-refractivity contribution in [3.05, 3.63) is 24.4 Å². The summed E-state index contributed by atoms with van der Waals surface area (Å²) in [6.45, 7) is 8.41. The normalized spacial score (nSPS) is 29.8. The number of allylic oxidation sites excluding steroid dienone is 2. The molecular formula is C24H42FN7O. The number of hydrogen-bond donors (Lipinski definition) is 6. The molecule has 9 heteroatoms. The molecule has 4 unspecified atom stereocenters. The fourth-order valence-corrected chi connectivity index (χ4v) is 4.91. The first-order chi connectivity index (χ1) is 15.9. The largest absolute Gasteiger partial charge is 0.369 e. The van der Waals surface area contributed by atoms with Gasteiger partial charge in [-0.05, 0) is 63.9 Å². The van der Waals surface area contributed by atoms with Crippen LogP contribution in [0.25, 0.3) is 0 Å². The van der Waals surface area contributed by atoms with Gasteiger partial charge >= 0.3 is 0 Å². The number of amides is 1. The molecule has 3 aliphatic rings. The van der Waals surface area contributed by atoms with Crippen LogP contribution in [0, 0.1) is 11.8 Å². The van der Waals surface area contributed by atoms with Gasteiger partial charge < -0.3 is 21.7 Å². The molecule has 0 radical (unpaired) electrons. The molecule has 2 fully saturated rings. The Hall–Kier alpha value is -1.97. The van der Waals surface area contributed by atoms with Gasteiger partial charge in [-0.25, -0.2) is 9.38 Å². The third-order valence-corrected chi connectivity index (χ3v) is 6.76. The van der Waals surface area contributed by atoms with Gasteiger partial charge in [0, 0.05) is 37.3 Å². The molecule has 0 aromatic heterocycles. The van der Waals surface area contributed by atoms with E-state index in [2.05, 4.69) is 46.2 Å². The van der Waals surface area contributed by atoms with Gasteiger partial charge in [-0.2, -0.15) is 0 Å². The summed E-state index contributed by atoms with van der Waals surface area (Å²) < 4.78 is 13.7. The fraction of sp³-hybridized carbons (Fsp3) is 0.750. The highest BCUT2D eigenvalue weighted by Gasteiger charge is 2.31. The molecule has 0 aromatic carbocycles. The fourth-order valence-electron chi connectivity index (χ4n) is 4.91. The lowest BCUT2D eigenvalue weighted by molar-refractivity contribution is -0.123. The summed E-state index contributed by atoms with van der Waals surface area (Å²) in [4.78, 5) is 16.6. The topological polar surface area (TPSA) is 116 Å². The Kier molecular flexibility index (Phi) is 10.1. The van der Waals surface area contributed by atoms with Crippen LogP contribution in [-0.4, -0.2) is 56.0 Å². The molecule has 0 spiro atoms. The van der Waals surface area contributed by atoms with Crippen molar-refractivity contribution in [1.82, 2.24) is 26.6 Å². The lowest BCUT2D eigenvalue weighted by Crippen LogP contribution is -2.58. The van der Waals surface area contributed by atoms with E-state index in [1.807, 2.05) is 0 Å². The summed E-state index contributed by atoms with van der Waals surface area (Å²) in [7, 11) is 0. The average molecular weight is 464 g/mol. The number of piperazine rings is 1. The Bertz CT molecular complexity index is 707. The van der Waals surface area contributed by atoms with Gasteiger partial charge in [0.25, 0.3) is 0 Å². The van der Waals surface area contributed by atoms with Crippen molar-refractivity contribution >= 4 is 11.7 Å². The van der Waals surface area contributed by atoms with Crippen molar-refractivity contribution in [2.75, 3.05) is 19.6 Å². The van der Waals surface area contributed by atoms with Gasteiger partial charge in [0.05, 0.1) is 6.17 Å². The molecule has 0 aromatic rings. The van der Waals surface area contributed by atoms with Crippen molar-refractivity contribution in [3.8, 4) is 0 Å². The van der Waals surface area contributed by atoms with Crippen LogP contribution in [0.5, 0.6) is 0 Å². The number of nitrogens with one attached hydrogen (secondary N) is 5. The number of carbonyl (C=O) groups excluding carboxylic acids is 1. The molecule has 1 saturated heterocycles. The Labute approximate surface area is 197 Å². The third kappa shape index (κ3) is 8.39. The van der Waals surface area contributed by atoms with E-state index >= 15 is 0 Å². The van der Waals surface area contributed by atoms with Crippen molar-refractivity contribution in [1.29, 1.82) is 0 Å². The molecule has 1 amide bonds. The van der Waals surface area contributed by atoms with E-state index in [1.54, 1.807) is 6.08 Å². The Morgan fingerprint density at radius 1 is 1.39 bits per heavy atom. The van der Waals surface area contributed by atoms with E-state index in [-0.39, 0.29) is 36.2 Å². The maximum atomic E-state index is 13.7. The van der Waals surface area contributed by atoms with Gasteiger partial charge in [-0.3, -0.25) is 15.4 Å². The van der Waals surface area contributed by atoms with E-state index < -0.39 is 6.17 Å². The van der Waals surface area contributed by atoms with Crippen LogP contribution in [-0.2, 0) is 4.79 Å².